The lowest BCUT2D eigenvalue weighted by Crippen LogP contribution is -2.13. The van der Waals surface area contributed by atoms with E-state index in [9.17, 15) is 4.79 Å². The maximum atomic E-state index is 12.4. The molecule has 27 heavy (non-hydrogen) atoms. The second-order valence-corrected chi connectivity index (χ2v) is 6.87. The molecule has 4 heteroatoms. The van der Waals surface area contributed by atoms with Gasteiger partial charge in [0, 0.05) is 17.8 Å². The van der Waals surface area contributed by atoms with Gasteiger partial charge in [-0.1, -0.05) is 42.0 Å². The molecule has 3 rings (SSSR count). The third-order valence-electron chi connectivity index (χ3n) is 4.57. The number of para-hydroxylation sites is 2. The first-order valence-corrected chi connectivity index (χ1v) is 9.00. The number of carbonyl (C=O) groups excluding carboxylic acids is 1. The SMILES string of the molecule is Cc1cc(C)c(NCc2ccc(C(=O)Nc3ccccc3N)cc2)c(C)c1. The van der Waals surface area contributed by atoms with Gasteiger partial charge in [0.05, 0.1) is 11.4 Å². The number of nitrogens with two attached hydrogens (primary N) is 1. The van der Waals surface area contributed by atoms with Crippen molar-refractivity contribution < 1.29 is 4.79 Å². The highest BCUT2D eigenvalue weighted by atomic mass is 16.1. The molecule has 0 aliphatic rings. The Balaban J connectivity index is 1.65. The molecule has 0 atom stereocenters. The minimum Gasteiger partial charge on any atom is -0.397 e. The van der Waals surface area contributed by atoms with E-state index in [0.717, 1.165) is 5.56 Å². The number of nitrogen functional groups attached to an aromatic ring is 1. The van der Waals surface area contributed by atoms with Crippen LogP contribution in [-0.4, -0.2) is 5.91 Å². The zero-order valence-electron chi connectivity index (χ0n) is 16.0. The van der Waals surface area contributed by atoms with Gasteiger partial charge in [0.15, 0.2) is 0 Å². The molecular formula is C23H25N3O. The predicted octanol–water partition coefficient (Wildman–Crippen LogP) is 5.06. The van der Waals surface area contributed by atoms with Gasteiger partial charge in [-0.25, -0.2) is 0 Å². The lowest BCUT2D eigenvalue weighted by atomic mass is 10.0. The largest absolute Gasteiger partial charge is 0.397 e. The molecule has 0 aromatic heterocycles. The van der Waals surface area contributed by atoms with Gasteiger partial charge >= 0.3 is 0 Å². The third-order valence-corrected chi connectivity index (χ3v) is 4.57. The maximum absolute atomic E-state index is 12.4. The second-order valence-electron chi connectivity index (χ2n) is 6.87. The summed E-state index contributed by atoms with van der Waals surface area (Å²) in [4.78, 5) is 12.4. The van der Waals surface area contributed by atoms with Crippen molar-refractivity contribution in [3.05, 3.63) is 88.5 Å². The molecule has 138 valence electrons. The van der Waals surface area contributed by atoms with Crippen LogP contribution < -0.4 is 16.4 Å². The number of benzene rings is 3. The van der Waals surface area contributed by atoms with Gasteiger partial charge in [-0.05, 0) is 61.7 Å². The molecule has 0 aliphatic heterocycles. The third kappa shape index (κ3) is 4.47. The molecule has 0 unspecified atom stereocenters. The highest BCUT2D eigenvalue weighted by molar-refractivity contribution is 6.05. The molecule has 0 heterocycles. The van der Waals surface area contributed by atoms with Crippen molar-refractivity contribution in [1.82, 2.24) is 0 Å². The number of carbonyl (C=O) groups is 1. The van der Waals surface area contributed by atoms with Crippen molar-refractivity contribution in [1.29, 1.82) is 0 Å². The quantitative estimate of drug-likeness (QED) is 0.558. The van der Waals surface area contributed by atoms with Gasteiger partial charge in [0.25, 0.3) is 5.91 Å². The van der Waals surface area contributed by atoms with E-state index in [-0.39, 0.29) is 5.91 Å². The summed E-state index contributed by atoms with van der Waals surface area (Å²) in [5.74, 6) is -0.169. The Kier molecular flexibility index (Phi) is 5.46. The van der Waals surface area contributed by atoms with E-state index in [1.165, 1.54) is 22.4 Å². The molecule has 4 N–H and O–H groups in total. The summed E-state index contributed by atoms with van der Waals surface area (Å²) in [7, 11) is 0. The van der Waals surface area contributed by atoms with Crippen LogP contribution in [0.5, 0.6) is 0 Å². The average Bonchev–Trinajstić information content (AvgIpc) is 2.63. The van der Waals surface area contributed by atoms with Gasteiger partial charge in [0.2, 0.25) is 0 Å². The molecule has 3 aromatic carbocycles. The van der Waals surface area contributed by atoms with Crippen LogP contribution in [-0.2, 0) is 6.54 Å². The molecule has 0 saturated carbocycles. The molecule has 0 bridgehead atoms. The van der Waals surface area contributed by atoms with Gasteiger partial charge in [0.1, 0.15) is 0 Å². The van der Waals surface area contributed by atoms with E-state index >= 15 is 0 Å². The van der Waals surface area contributed by atoms with E-state index in [1.54, 1.807) is 12.1 Å². The van der Waals surface area contributed by atoms with Crippen LogP contribution in [0.1, 0.15) is 32.6 Å². The molecule has 0 radical (unpaired) electrons. The summed E-state index contributed by atoms with van der Waals surface area (Å²) in [6, 6.07) is 19.2. The normalized spacial score (nSPS) is 10.5. The van der Waals surface area contributed by atoms with E-state index in [2.05, 4.69) is 43.5 Å². The number of nitrogens with one attached hydrogen (secondary N) is 2. The Morgan fingerprint density at radius 2 is 1.56 bits per heavy atom. The summed E-state index contributed by atoms with van der Waals surface area (Å²) in [5.41, 5.74) is 13.7. The van der Waals surface area contributed by atoms with Crippen LogP contribution in [0, 0.1) is 20.8 Å². The van der Waals surface area contributed by atoms with Crippen LogP contribution in [0.25, 0.3) is 0 Å². The summed E-state index contributed by atoms with van der Waals surface area (Å²) in [6.45, 7) is 7.05. The minimum atomic E-state index is -0.169. The Morgan fingerprint density at radius 3 is 2.19 bits per heavy atom. The lowest BCUT2D eigenvalue weighted by Gasteiger charge is -2.14. The van der Waals surface area contributed by atoms with Crippen LogP contribution in [0.4, 0.5) is 17.1 Å². The van der Waals surface area contributed by atoms with Crippen molar-refractivity contribution in [2.24, 2.45) is 0 Å². The Labute approximate surface area is 160 Å². The maximum Gasteiger partial charge on any atom is 0.255 e. The predicted molar refractivity (Wildman–Crippen MR) is 113 cm³/mol. The minimum absolute atomic E-state index is 0.169. The Morgan fingerprint density at radius 1 is 0.926 bits per heavy atom. The highest BCUT2D eigenvalue weighted by Gasteiger charge is 2.08. The monoisotopic (exact) mass is 359 g/mol. The molecule has 0 fully saturated rings. The first-order chi connectivity index (χ1) is 12.9. The number of anilines is 3. The van der Waals surface area contributed by atoms with Crippen LogP contribution in [0.2, 0.25) is 0 Å². The van der Waals surface area contributed by atoms with Gasteiger partial charge in [-0.2, -0.15) is 0 Å². The molecule has 3 aromatic rings. The first kappa shape index (κ1) is 18.5. The number of amides is 1. The first-order valence-electron chi connectivity index (χ1n) is 9.00. The molecule has 4 nitrogen and oxygen atoms in total. The van der Waals surface area contributed by atoms with E-state index < -0.39 is 0 Å². The van der Waals surface area contributed by atoms with Crippen molar-refractivity contribution >= 4 is 23.0 Å². The summed E-state index contributed by atoms with van der Waals surface area (Å²) in [5, 5.41) is 6.35. The standard InChI is InChI=1S/C23H25N3O/c1-15-12-16(2)22(17(3)13-15)25-14-18-8-10-19(11-9-18)23(27)26-21-7-5-4-6-20(21)24/h4-13,25H,14,24H2,1-3H3,(H,26,27). The molecule has 0 aliphatic carbocycles. The summed E-state index contributed by atoms with van der Waals surface area (Å²) < 4.78 is 0. The fourth-order valence-corrected chi connectivity index (χ4v) is 3.23. The van der Waals surface area contributed by atoms with Crippen molar-refractivity contribution in [3.8, 4) is 0 Å². The fourth-order valence-electron chi connectivity index (χ4n) is 3.23. The van der Waals surface area contributed by atoms with Crippen molar-refractivity contribution in [3.63, 3.8) is 0 Å². The van der Waals surface area contributed by atoms with Crippen LogP contribution >= 0.6 is 0 Å². The number of hydrogen-bond acceptors (Lipinski definition) is 3. The molecular weight excluding hydrogens is 334 g/mol. The van der Waals surface area contributed by atoms with Gasteiger partial charge in [-0.3, -0.25) is 4.79 Å². The Hall–Kier alpha value is -3.27. The van der Waals surface area contributed by atoms with Crippen LogP contribution in [0.3, 0.4) is 0 Å². The molecule has 0 saturated heterocycles. The van der Waals surface area contributed by atoms with Crippen molar-refractivity contribution in [2.45, 2.75) is 27.3 Å². The zero-order valence-corrected chi connectivity index (χ0v) is 16.0. The summed E-state index contributed by atoms with van der Waals surface area (Å²) >= 11 is 0. The van der Waals surface area contributed by atoms with E-state index in [0.29, 0.717) is 23.5 Å². The smallest absolute Gasteiger partial charge is 0.255 e. The van der Waals surface area contributed by atoms with E-state index in [4.69, 9.17) is 5.73 Å². The average molecular weight is 359 g/mol. The van der Waals surface area contributed by atoms with Gasteiger partial charge in [-0.15, -0.1) is 0 Å². The van der Waals surface area contributed by atoms with E-state index in [1.807, 2.05) is 36.4 Å². The number of rotatable bonds is 5. The van der Waals surface area contributed by atoms with Crippen LogP contribution in [0.15, 0.2) is 60.7 Å². The summed E-state index contributed by atoms with van der Waals surface area (Å²) in [6.07, 6.45) is 0. The number of hydrogen-bond donors (Lipinski definition) is 3. The van der Waals surface area contributed by atoms with Gasteiger partial charge < -0.3 is 16.4 Å². The topological polar surface area (TPSA) is 67.2 Å². The molecule has 1 amide bonds. The highest BCUT2D eigenvalue weighted by Crippen LogP contribution is 2.23. The molecule has 0 spiro atoms. The fraction of sp³-hybridized carbons (Fsp3) is 0.174. The second kappa shape index (κ2) is 7.96. The van der Waals surface area contributed by atoms with Crippen molar-refractivity contribution in [2.75, 3.05) is 16.4 Å². The number of aryl methyl sites for hydroxylation is 3. The zero-order chi connectivity index (χ0) is 19.4. The lowest BCUT2D eigenvalue weighted by molar-refractivity contribution is 0.102. The Bertz CT molecular complexity index is 939.